The topological polar surface area (TPSA) is 84.2 Å². The van der Waals surface area contributed by atoms with Gasteiger partial charge in [-0.15, -0.1) is 0 Å². The van der Waals surface area contributed by atoms with Crippen LogP contribution in [0.3, 0.4) is 0 Å². The van der Waals surface area contributed by atoms with Gasteiger partial charge in [-0.1, -0.05) is 6.07 Å². The molecule has 1 aliphatic heterocycles. The minimum atomic E-state index is -0.653. The van der Waals surface area contributed by atoms with Gasteiger partial charge in [-0.05, 0) is 49.7 Å². The van der Waals surface area contributed by atoms with E-state index in [0.717, 1.165) is 5.76 Å². The molecule has 0 unspecified atom stereocenters. The number of benzene rings is 2. The summed E-state index contributed by atoms with van der Waals surface area (Å²) in [5.74, 6) is 1.67. The minimum Gasteiger partial charge on any atom is -0.496 e. The summed E-state index contributed by atoms with van der Waals surface area (Å²) in [6, 6.07) is 11.7. The summed E-state index contributed by atoms with van der Waals surface area (Å²) in [7, 11) is 2.91. The number of carbonyl (C=O) groups is 2. The van der Waals surface area contributed by atoms with Crippen LogP contribution < -0.4 is 18.9 Å². The third-order valence-electron chi connectivity index (χ3n) is 4.82. The predicted octanol–water partition coefficient (Wildman–Crippen LogP) is 4.75. The molecule has 0 amide bonds. The van der Waals surface area contributed by atoms with Crippen molar-refractivity contribution in [2.45, 2.75) is 13.8 Å². The van der Waals surface area contributed by atoms with Crippen molar-refractivity contribution in [1.29, 1.82) is 0 Å². The van der Waals surface area contributed by atoms with Gasteiger partial charge in [0.05, 0.1) is 19.8 Å². The molecule has 158 valence electrons. The SMILES string of the molecule is COc1cccc(OC)c1C(=O)Oc1cc(C)c2c(c1)O/C(=C\c1ccc(C)o1)C2=O. The fourth-order valence-electron chi connectivity index (χ4n) is 3.41. The molecule has 0 spiro atoms. The molecule has 0 saturated carbocycles. The van der Waals surface area contributed by atoms with Crippen molar-refractivity contribution in [3.8, 4) is 23.0 Å². The number of hydrogen-bond donors (Lipinski definition) is 0. The van der Waals surface area contributed by atoms with E-state index in [4.69, 9.17) is 23.4 Å². The van der Waals surface area contributed by atoms with E-state index < -0.39 is 5.97 Å². The molecule has 2 heterocycles. The molecule has 3 aromatic rings. The molecule has 0 aliphatic carbocycles. The summed E-state index contributed by atoms with van der Waals surface area (Å²) in [5, 5.41) is 0. The maximum Gasteiger partial charge on any atom is 0.351 e. The summed E-state index contributed by atoms with van der Waals surface area (Å²) in [6.07, 6.45) is 1.54. The molecule has 7 nitrogen and oxygen atoms in total. The largest absolute Gasteiger partial charge is 0.496 e. The molecule has 0 N–H and O–H groups in total. The fourth-order valence-corrected chi connectivity index (χ4v) is 3.41. The zero-order valence-electron chi connectivity index (χ0n) is 17.5. The van der Waals surface area contributed by atoms with Crippen LogP contribution in [0.5, 0.6) is 23.0 Å². The van der Waals surface area contributed by atoms with Crippen LogP contribution in [-0.2, 0) is 0 Å². The Morgan fingerprint density at radius 1 is 1.00 bits per heavy atom. The number of Topliss-reactive ketones (excluding diaryl/α,β-unsaturated/α-hetero) is 1. The standard InChI is InChI=1S/C24H20O7/c1-13-10-16(30-24(26)22-17(27-3)6-5-7-18(22)28-4)12-19-21(13)23(25)20(31-19)11-15-9-8-14(2)29-15/h5-12H,1-4H3/b20-11-. The Balaban J connectivity index is 1.64. The number of fused-ring (bicyclic) bond motifs is 1. The van der Waals surface area contributed by atoms with E-state index in [-0.39, 0.29) is 22.9 Å². The van der Waals surface area contributed by atoms with Crippen LogP contribution in [0.4, 0.5) is 0 Å². The van der Waals surface area contributed by atoms with E-state index in [1.165, 1.54) is 20.3 Å². The normalized spacial score (nSPS) is 13.7. The number of methoxy groups -OCH3 is 2. The molecule has 7 heteroatoms. The monoisotopic (exact) mass is 420 g/mol. The Hall–Kier alpha value is -4.00. The second-order valence-electron chi connectivity index (χ2n) is 6.93. The first-order valence-electron chi connectivity index (χ1n) is 9.49. The number of esters is 1. The molecule has 0 fully saturated rings. The molecular formula is C24H20O7. The quantitative estimate of drug-likeness (QED) is 0.335. The smallest absolute Gasteiger partial charge is 0.351 e. The lowest BCUT2D eigenvalue weighted by Gasteiger charge is -2.13. The first kappa shape index (κ1) is 20.3. The van der Waals surface area contributed by atoms with Gasteiger partial charge in [-0.2, -0.15) is 0 Å². The average Bonchev–Trinajstić information content (AvgIpc) is 3.30. The van der Waals surface area contributed by atoms with Crippen molar-refractivity contribution in [2.75, 3.05) is 14.2 Å². The van der Waals surface area contributed by atoms with E-state index in [2.05, 4.69) is 0 Å². The number of allylic oxidation sites excluding steroid dienone is 1. The molecule has 0 saturated heterocycles. The fraction of sp³-hybridized carbons (Fsp3) is 0.167. The molecule has 0 bridgehead atoms. The van der Waals surface area contributed by atoms with Gasteiger partial charge in [0.25, 0.3) is 0 Å². The Kier molecular flexibility index (Phi) is 5.25. The van der Waals surface area contributed by atoms with Crippen LogP contribution in [0.2, 0.25) is 0 Å². The van der Waals surface area contributed by atoms with Gasteiger partial charge in [0.2, 0.25) is 5.78 Å². The van der Waals surface area contributed by atoms with Gasteiger partial charge in [0.1, 0.15) is 40.1 Å². The van der Waals surface area contributed by atoms with E-state index in [9.17, 15) is 9.59 Å². The Morgan fingerprint density at radius 2 is 1.71 bits per heavy atom. The number of hydrogen-bond acceptors (Lipinski definition) is 7. The minimum absolute atomic E-state index is 0.141. The predicted molar refractivity (Wildman–Crippen MR) is 112 cm³/mol. The Morgan fingerprint density at radius 3 is 2.32 bits per heavy atom. The van der Waals surface area contributed by atoms with E-state index in [1.54, 1.807) is 49.4 Å². The van der Waals surface area contributed by atoms with Crippen molar-refractivity contribution in [1.82, 2.24) is 0 Å². The maximum atomic E-state index is 12.8. The summed E-state index contributed by atoms with van der Waals surface area (Å²) in [4.78, 5) is 25.6. The third kappa shape index (κ3) is 3.77. The van der Waals surface area contributed by atoms with Crippen LogP contribution in [-0.4, -0.2) is 26.0 Å². The molecule has 2 aromatic carbocycles. The summed E-state index contributed by atoms with van der Waals surface area (Å²) < 4.78 is 27.3. The Bertz CT molecular complexity index is 1190. The highest BCUT2D eigenvalue weighted by atomic mass is 16.5. The molecule has 31 heavy (non-hydrogen) atoms. The lowest BCUT2D eigenvalue weighted by atomic mass is 10.0. The van der Waals surface area contributed by atoms with E-state index in [1.807, 2.05) is 6.92 Å². The van der Waals surface area contributed by atoms with Gasteiger partial charge in [0.15, 0.2) is 5.76 Å². The number of carbonyl (C=O) groups excluding carboxylic acids is 2. The number of ether oxygens (including phenoxy) is 4. The third-order valence-corrected chi connectivity index (χ3v) is 4.82. The van der Waals surface area contributed by atoms with Crippen LogP contribution in [0.1, 0.15) is 37.8 Å². The second kappa shape index (κ2) is 8.02. The summed E-state index contributed by atoms with van der Waals surface area (Å²) in [6.45, 7) is 3.57. The van der Waals surface area contributed by atoms with Crippen molar-refractivity contribution >= 4 is 17.8 Å². The number of ketones is 1. The van der Waals surface area contributed by atoms with E-state index in [0.29, 0.717) is 34.1 Å². The maximum absolute atomic E-state index is 12.8. The highest BCUT2D eigenvalue weighted by molar-refractivity contribution is 6.15. The molecular weight excluding hydrogens is 400 g/mol. The van der Waals surface area contributed by atoms with E-state index >= 15 is 0 Å². The summed E-state index contributed by atoms with van der Waals surface area (Å²) >= 11 is 0. The van der Waals surface area contributed by atoms with Crippen LogP contribution in [0.25, 0.3) is 6.08 Å². The van der Waals surface area contributed by atoms with Crippen molar-refractivity contribution in [2.24, 2.45) is 0 Å². The first-order valence-corrected chi connectivity index (χ1v) is 9.49. The number of aryl methyl sites for hydroxylation is 2. The highest BCUT2D eigenvalue weighted by Crippen LogP contribution is 2.38. The zero-order valence-corrected chi connectivity index (χ0v) is 17.5. The molecule has 0 radical (unpaired) electrons. The first-order chi connectivity index (χ1) is 14.9. The van der Waals surface area contributed by atoms with Crippen molar-refractivity contribution in [3.63, 3.8) is 0 Å². The number of furan rings is 1. The molecule has 1 aromatic heterocycles. The second-order valence-corrected chi connectivity index (χ2v) is 6.93. The van der Waals surface area contributed by atoms with Gasteiger partial charge >= 0.3 is 5.97 Å². The van der Waals surface area contributed by atoms with Gasteiger partial charge in [-0.3, -0.25) is 4.79 Å². The molecule has 0 atom stereocenters. The average molecular weight is 420 g/mol. The van der Waals surface area contributed by atoms with Crippen LogP contribution in [0.15, 0.2) is 52.6 Å². The number of rotatable bonds is 5. The summed E-state index contributed by atoms with van der Waals surface area (Å²) in [5.41, 5.74) is 1.21. The Labute approximate surface area is 178 Å². The van der Waals surface area contributed by atoms with Crippen molar-refractivity contribution in [3.05, 3.63) is 76.4 Å². The van der Waals surface area contributed by atoms with Gasteiger partial charge in [0, 0.05) is 12.1 Å². The van der Waals surface area contributed by atoms with Gasteiger partial charge < -0.3 is 23.4 Å². The molecule has 4 rings (SSSR count). The zero-order chi connectivity index (χ0) is 22.1. The van der Waals surface area contributed by atoms with Gasteiger partial charge in [-0.25, -0.2) is 4.79 Å². The lowest BCUT2D eigenvalue weighted by molar-refractivity contribution is 0.0727. The molecule has 1 aliphatic rings. The van der Waals surface area contributed by atoms with Crippen LogP contribution in [0, 0.1) is 13.8 Å². The van der Waals surface area contributed by atoms with Crippen LogP contribution >= 0.6 is 0 Å². The lowest BCUT2D eigenvalue weighted by Crippen LogP contribution is -2.12. The van der Waals surface area contributed by atoms with Crippen molar-refractivity contribution < 1.29 is 33.0 Å². The highest BCUT2D eigenvalue weighted by Gasteiger charge is 2.31.